The Morgan fingerprint density at radius 2 is 1.83 bits per heavy atom. The number of benzene rings is 2. The average molecular weight is 412 g/mol. The highest BCUT2D eigenvalue weighted by atomic mass is 35.5. The van der Waals surface area contributed by atoms with Crippen LogP contribution in [0.15, 0.2) is 52.9 Å². The lowest BCUT2D eigenvalue weighted by atomic mass is 10.2. The molecule has 1 fully saturated rings. The van der Waals surface area contributed by atoms with Crippen LogP contribution in [-0.2, 0) is 11.3 Å². The van der Waals surface area contributed by atoms with E-state index in [1.807, 2.05) is 36.4 Å². The van der Waals surface area contributed by atoms with Gasteiger partial charge in [-0.2, -0.15) is 0 Å². The molecule has 0 N–H and O–H groups in total. The summed E-state index contributed by atoms with van der Waals surface area (Å²) in [6, 6.07) is 14.7. The second-order valence-corrected chi connectivity index (χ2v) is 7.45. The number of rotatable bonds is 5. The maximum absolute atomic E-state index is 13.1. The molecule has 0 unspecified atom stereocenters. The fourth-order valence-electron chi connectivity index (χ4n) is 3.31. The van der Waals surface area contributed by atoms with Crippen LogP contribution in [0.1, 0.15) is 18.7 Å². The van der Waals surface area contributed by atoms with E-state index in [9.17, 15) is 4.79 Å². The zero-order valence-electron chi connectivity index (χ0n) is 15.5. The van der Waals surface area contributed by atoms with Crippen LogP contribution in [0.2, 0.25) is 5.02 Å². The topological polar surface area (TPSA) is 77.7 Å². The maximum Gasteiger partial charge on any atom is 0.267 e. The molecule has 5 rings (SSSR count). The van der Waals surface area contributed by atoms with Gasteiger partial charge in [0.2, 0.25) is 17.9 Å². The first-order valence-corrected chi connectivity index (χ1v) is 9.83. The molecule has 0 bridgehead atoms. The Balaban J connectivity index is 1.33. The van der Waals surface area contributed by atoms with Crippen LogP contribution in [0.5, 0.6) is 11.5 Å². The number of amides is 1. The van der Waals surface area contributed by atoms with Gasteiger partial charge in [0.1, 0.15) is 6.61 Å². The van der Waals surface area contributed by atoms with Gasteiger partial charge >= 0.3 is 0 Å². The second kappa shape index (κ2) is 7.40. The van der Waals surface area contributed by atoms with Crippen LogP contribution in [0.25, 0.3) is 11.5 Å². The second-order valence-electron chi connectivity index (χ2n) is 7.04. The number of halogens is 1. The van der Waals surface area contributed by atoms with E-state index in [-0.39, 0.29) is 25.1 Å². The zero-order valence-corrected chi connectivity index (χ0v) is 16.2. The lowest BCUT2D eigenvalue weighted by molar-refractivity contribution is -0.142. The van der Waals surface area contributed by atoms with Gasteiger partial charge in [0.05, 0.1) is 17.1 Å². The molecule has 29 heavy (non-hydrogen) atoms. The molecule has 0 saturated heterocycles. The van der Waals surface area contributed by atoms with E-state index in [1.54, 1.807) is 17.0 Å². The van der Waals surface area contributed by atoms with E-state index in [0.29, 0.717) is 33.9 Å². The van der Waals surface area contributed by atoms with Gasteiger partial charge in [0.15, 0.2) is 11.5 Å². The predicted molar refractivity (Wildman–Crippen MR) is 105 cm³/mol. The highest BCUT2D eigenvalue weighted by Gasteiger charge is 2.39. The standard InChI is InChI=1S/C21H18ClN3O4/c22-15-6-2-1-5-14(15)20-24-23-19(29-20)11-25(13-9-10-13)21(26)18-12-27-16-7-3-4-8-17(16)28-18/h1-8,13,18H,9-12H2/t18-/m0/s1. The van der Waals surface area contributed by atoms with E-state index in [0.717, 1.165) is 12.8 Å². The number of hydrogen-bond acceptors (Lipinski definition) is 6. The lowest BCUT2D eigenvalue weighted by Gasteiger charge is -2.30. The molecule has 1 saturated carbocycles. The molecule has 148 valence electrons. The SMILES string of the molecule is O=C([C@@H]1COc2ccccc2O1)N(Cc1nnc(-c2ccccc2Cl)o1)C1CC1. The lowest BCUT2D eigenvalue weighted by Crippen LogP contribution is -2.47. The molecule has 2 aliphatic rings. The van der Waals surface area contributed by atoms with E-state index < -0.39 is 6.10 Å². The normalized spacial score (nSPS) is 17.8. The molecule has 1 amide bonds. The summed E-state index contributed by atoms with van der Waals surface area (Å²) in [5, 5.41) is 8.72. The number of nitrogens with zero attached hydrogens (tertiary/aromatic N) is 3. The minimum Gasteiger partial charge on any atom is -0.485 e. The van der Waals surface area contributed by atoms with Crippen LogP contribution in [0.4, 0.5) is 0 Å². The van der Waals surface area contributed by atoms with Crippen LogP contribution in [0, 0.1) is 0 Å². The monoisotopic (exact) mass is 411 g/mol. The third kappa shape index (κ3) is 3.65. The molecular weight excluding hydrogens is 394 g/mol. The molecule has 0 radical (unpaired) electrons. The van der Waals surface area contributed by atoms with E-state index in [4.69, 9.17) is 25.5 Å². The smallest absolute Gasteiger partial charge is 0.267 e. The Kier molecular flexibility index (Phi) is 4.60. The van der Waals surface area contributed by atoms with Crippen LogP contribution < -0.4 is 9.47 Å². The molecule has 8 heteroatoms. The van der Waals surface area contributed by atoms with Crippen molar-refractivity contribution in [3.8, 4) is 23.0 Å². The predicted octanol–water partition coefficient (Wildman–Crippen LogP) is 3.72. The summed E-state index contributed by atoms with van der Waals surface area (Å²) in [6.07, 6.45) is 1.19. The number of ether oxygens (including phenoxy) is 2. The van der Waals surface area contributed by atoms with E-state index >= 15 is 0 Å². The number of para-hydroxylation sites is 2. The summed E-state index contributed by atoms with van der Waals surface area (Å²) in [5.41, 5.74) is 0.665. The summed E-state index contributed by atoms with van der Waals surface area (Å²) < 4.78 is 17.4. The van der Waals surface area contributed by atoms with Crippen molar-refractivity contribution in [1.82, 2.24) is 15.1 Å². The van der Waals surface area contributed by atoms with E-state index in [2.05, 4.69) is 10.2 Å². The summed E-state index contributed by atoms with van der Waals surface area (Å²) in [7, 11) is 0. The minimum atomic E-state index is -0.698. The van der Waals surface area contributed by atoms with Gasteiger partial charge in [-0.25, -0.2) is 0 Å². The molecular formula is C21H18ClN3O4. The fraction of sp³-hybridized carbons (Fsp3) is 0.286. The quantitative estimate of drug-likeness (QED) is 0.636. The maximum atomic E-state index is 13.1. The Bertz CT molecular complexity index is 1050. The first-order valence-electron chi connectivity index (χ1n) is 9.45. The van der Waals surface area contributed by atoms with Gasteiger partial charge in [-0.3, -0.25) is 4.79 Å². The molecule has 0 spiro atoms. The Hall–Kier alpha value is -3.06. The number of aromatic nitrogens is 2. The highest BCUT2D eigenvalue weighted by Crippen LogP contribution is 2.34. The van der Waals surface area contributed by atoms with Crippen LogP contribution in [-0.4, -0.2) is 39.8 Å². The van der Waals surface area contributed by atoms with Crippen LogP contribution >= 0.6 is 11.6 Å². The van der Waals surface area contributed by atoms with E-state index in [1.165, 1.54) is 0 Å². The van der Waals surface area contributed by atoms with Crippen molar-refractivity contribution in [1.29, 1.82) is 0 Å². The first-order chi connectivity index (χ1) is 14.2. The number of carbonyl (C=O) groups excluding carboxylic acids is 1. The average Bonchev–Trinajstić information content (AvgIpc) is 3.49. The van der Waals surface area contributed by atoms with Crippen molar-refractivity contribution in [3.63, 3.8) is 0 Å². The largest absolute Gasteiger partial charge is 0.485 e. The summed E-state index contributed by atoms with van der Waals surface area (Å²) in [5.74, 6) is 1.78. The van der Waals surface area contributed by atoms with Gasteiger partial charge in [0, 0.05) is 6.04 Å². The van der Waals surface area contributed by atoms with Gasteiger partial charge < -0.3 is 18.8 Å². The number of carbonyl (C=O) groups is 1. The molecule has 1 atom stereocenters. The minimum absolute atomic E-state index is 0.139. The molecule has 1 aliphatic heterocycles. The summed E-state index contributed by atoms with van der Waals surface area (Å²) >= 11 is 6.20. The third-order valence-corrected chi connectivity index (χ3v) is 5.26. The van der Waals surface area contributed by atoms with Gasteiger partial charge in [-0.15, -0.1) is 10.2 Å². The van der Waals surface area contributed by atoms with Crippen molar-refractivity contribution >= 4 is 17.5 Å². The summed E-state index contributed by atoms with van der Waals surface area (Å²) in [6.45, 7) is 0.399. The number of hydrogen-bond donors (Lipinski definition) is 0. The summed E-state index contributed by atoms with van der Waals surface area (Å²) in [4.78, 5) is 14.9. The fourth-order valence-corrected chi connectivity index (χ4v) is 3.52. The van der Waals surface area contributed by atoms with Crippen molar-refractivity contribution in [2.24, 2.45) is 0 Å². The highest BCUT2D eigenvalue weighted by molar-refractivity contribution is 6.33. The van der Waals surface area contributed by atoms with Crippen LogP contribution in [0.3, 0.4) is 0 Å². The Morgan fingerprint density at radius 3 is 2.62 bits per heavy atom. The van der Waals surface area contributed by atoms with Gasteiger partial charge in [0.25, 0.3) is 5.91 Å². The van der Waals surface area contributed by atoms with Crippen molar-refractivity contribution in [2.75, 3.05) is 6.61 Å². The Morgan fingerprint density at radius 1 is 1.07 bits per heavy atom. The first kappa shape index (κ1) is 18.0. The molecule has 7 nitrogen and oxygen atoms in total. The molecule has 1 aliphatic carbocycles. The van der Waals surface area contributed by atoms with Gasteiger partial charge in [-0.05, 0) is 37.1 Å². The molecule has 2 heterocycles. The van der Waals surface area contributed by atoms with Crippen molar-refractivity contribution in [3.05, 3.63) is 59.4 Å². The number of fused-ring (bicyclic) bond motifs is 1. The third-order valence-electron chi connectivity index (χ3n) is 4.93. The zero-order chi connectivity index (χ0) is 19.8. The molecule has 1 aromatic heterocycles. The van der Waals surface area contributed by atoms with Crippen molar-refractivity contribution < 1.29 is 18.7 Å². The van der Waals surface area contributed by atoms with Gasteiger partial charge in [-0.1, -0.05) is 35.9 Å². The Labute approximate surface area is 172 Å². The molecule has 3 aromatic rings. The molecule has 2 aromatic carbocycles. The van der Waals surface area contributed by atoms with Crippen molar-refractivity contribution in [2.45, 2.75) is 31.5 Å².